The van der Waals surface area contributed by atoms with Gasteiger partial charge < -0.3 is 11.1 Å². The molecule has 1 aromatic carbocycles. The number of imide groups is 1. The molecule has 2 aromatic rings. The lowest BCUT2D eigenvalue weighted by molar-refractivity contribution is -0.146. The van der Waals surface area contributed by atoms with Gasteiger partial charge in [-0.3, -0.25) is 19.5 Å². The average molecular weight is 284 g/mol. The molecule has 6 heteroatoms. The summed E-state index contributed by atoms with van der Waals surface area (Å²) in [5.74, 6) is -0.370. The van der Waals surface area contributed by atoms with Crippen molar-refractivity contribution in [3.8, 4) is 0 Å². The topological polar surface area (TPSA) is 88.3 Å². The predicted molar refractivity (Wildman–Crippen MR) is 80.6 cm³/mol. The molecular weight excluding hydrogens is 268 g/mol. The molecule has 0 radical (unpaired) electrons. The number of carbonyl (C=O) groups is 2. The third-order valence-electron chi connectivity index (χ3n) is 3.81. The minimum atomic E-state index is -0.427. The predicted octanol–water partition coefficient (Wildman–Crippen LogP) is 1.38. The number of aromatic nitrogens is 1. The molecule has 1 unspecified atom stereocenters. The number of amides is 2. The second-order valence-electron chi connectivity index (χ2n) is 5.12. The van der Waals surface area contributed by atoms with E-state index < -0.39 is 6.04 Å². The Balaban J connectivity index is 1.90. The largest absolute Gasteiger partial charge is 0.397 e. The summed E-state index contributed by atoms with van der Waals surface area (Å²) < 4.78 is 0. The van der Waals surface area contributed by atoms with Crippen LogP contribution in [-0.4, -0.2) is 34.8 Å². The summed E-state index contributed by atoms with van der Waals surface area (Å²) in [6.45, 7) is 0. The van der Waals surface area contributed by atoms with Gasteiger partial charge in [0.15, 0.2) is 0 Å². The lowest BCUT2D eigenvalue weighted by Gasteiger charge is -2.29. The van der Waals surface area contributed by atoms with Gasteiger partial charge in [0, 0.05) is 25.1 Å². The number of fused-ring (bicyclic) bond motifs is 1. The van der Waals surface area contributed by atoms with Crippen LogP contribution in [0.15, 0.2) is 30.5 Å². The first kappa shape index (κ1) is 13.4. The molecule has 21 heavy (non-hydrogen) atoms. The van der Waals surface area contributed by atoms with Gasteiger partial charge in [0.1, 0.15) is 6.04 Å². The average Bonchev–Trinajstić information content (AvgIpc) is 2.50. The number of nitrogen functional groups attached to an aromatic ring is 1. The van der Waals surface area contributed by atoms with Gasteiger partial charge in [0.05, 0.1) is 16.9 Å². The van der Waals surface area contributed by atoms with Crippen molar-refractivity contribution in [3.63, 3.8) is 0 Å². The van der Waals surface area contributed by atoms with Crippen LogP contribution in [-0.2, 0) is 9.59 Å². The minimum Gasteiger partial charge on any atom is -0.397 e. The molecular formula is C15H16N4O2. The Hall–Kier alpha value is -2.63. The third-order valence-corrected chi connectivity index (χ3v) is 3.81. The molecule has 0 spiro atoms. The van der Waals surface area contributed by atoms with E-state index in [1.807, 2.05) is 24.3 Å². The smallest absolute Gasteiger partial charge is 0.251 e. The van der Waals surface area contributed by atoms with E-state index in [9.17, 15) is 9.59 Å². The molecule has 0 aliphatic carbocycles. The van der Waals surface area contributed by atoms with Crippen molar-refractivity contribution in [2.75, 3.05) is 18.1 Å². The Morgan fingerprint density at radius 1 is 1.33 bits per heavy atom. The van der Waals surface area contributed by atoms with E-state index in [2.05, 4.69) is 10.3 Å². The molecule has 6 nitrogen and oxygen atoms in total. The maximum absolute atomic E-state index is 12.1. The zero-order valence-electron chi connectivity index (χ0n) is 11.7. The number of anilines is 2. The second kappa shape index (κ2) is 5.05. The van der Waals surface area contributed by atoms with Crippen LogP contribution in [0.3, 0.4) is 0 Å². The number of rotatable bonds is 2. The van der Waals surface area contributed by atoms with Crippen LogP contribution in [0.25, 0.3) is 10.9 Å². The summed E-state index contributed by atoms with van der Waals surface area (Å²) in [5, 5.41) is 3.99. The Bertz CT molecular complexity index is 729. The van der Waals surface area contributed by atoms with Crippen LogP contribution in [0.5, 0.6) is 0 Å². The molecule has 2 heterocycles. The van der Waals surface area contributed by atoms with Crippen molar-refractivity contribution in [3.05, 3.63) is 30.5 Å². The van der Waals surface area contributed by atoms with E-state index in [0.717, 1.165) is 10.9 Å². The zero-order chi connectivity index (χ0) is 15.0. The Morgan fingerprint density at radius 3 is 2.95 bits per heavy atom. The number of hydrogen-bond acceptors (Lipinski definition) is 5. The summed E-state index contributed by atoms with van der Waals surface area (Å²) in [6, 6.07) is 6.95. The molecule has 108 valence electrons. The molecule has 1 saturated heterocycles. The van der Waals surface area contributed by atoms with Gasteiger partial charge in [-0.15, -0.1) is 0 Å². The number of nitrogens with zero attached hydrogens (tertiary/aromatic N) is 2. The van der Waals surface area contributed by atoms with E-state index in [4.69, 9.17) is 5.73 Å². The first-order valence-corrected chi connectivity index (χ1v) is 6.78. The van der Waals surface area contributed by atoms with Crippen LogP contribution in [0.4, 0.5) is 11.4 Å². The summed E-state index contributed by atoms with van der Waals surface area (Å²) in [6.07, 6.45) is 2.54. The lowest BCUT2D eigenvalue weighted by atomic mass is 10.0. The summed E-state index contributed by atoms with van der Waals surface area (Å²) in [4.78, 5) is 29.0. The van der Waals surface area contributed by atoms with Crippen molar-refractivity contribution in [1.29, 1.82) is 0 Å². The maximum atomic E-state index is 12.1. The number of likely N-dealkylation sites (tertiary alicyclic amines) is 1. The standard InChI is InChI=1S/C15H16N4O2/c1-19-13(20)7-6-12(15(19)21)18-11-5-4-10-9(14(11)16)3-2-8-17-10/h2-5,8,12,18H,6-7,16H2,1H3. The van der Waals surface area contributed by atoms with E-state index in [-0.39, 0.29) is 11.8 Å². The lowest BCUT2D eigenvalue weighted by Crippen LogP contribution is -2.48. The van der Waals surface area contributed by atoms with Gasteiger partial charge in [0.2, 0.25) is 5.91 Å². The van der Waals surface area contributed by atoms with Crippen LogP contribution in [0.1, 0.15) is 12.8 Å². The first-order valence-electron chi connectivity index (χ1n) is 6.78. The SMILES string of the molecule is CN1C(=O)CCC(Nc2ccc3ncccc3c2N)C1=O. The van der Waals surface area contributed by atoms with Gasteiger partial charge in [-0.2, -0.15) is 0 Å². The van der Waals surface area contributed by atoms with Crippen LogP contribution in [0, 0.1) is 0 Å². The highest BCUT2D eigenvalue weighted by molar-refractivity contribution is 6.03. The van der Waals surface area contributed by atoms with Crippen LogP contribution >= 0.6 is 0 Å². The van der Waals surface area contributed by atoms with E-state index in [1.54, 1.807) is 6.20 Å². The second-order valence-corrected chi connectivity index (χ2v) is 5.12. The molecule has 0 bridgehead atoms. The van der Waals surface area contributed by atoms with Crippen molar-refractivity contribution < 1.29 is 9.59 Å². The molecule has 3 N–H and O–H groups in total. The first-order chi connectivity index (χ1) is 10.1. The van der Waals surface area contributed by atoms with Crippen molar-refractivity contribution in [2.24, 2.45) is 0 Å². The van der Waals surface area contributed by atoms with Gasteiger partial charge in [0.25, 0.3) is 5.91 Å². The molecule has 1 atom stereocenters. The molecule has 1 fully saturated rings. The number of hydrogen-bond donors (Lipinski definition) is 2. The number of nitrogens with one attached hydrogen (secondary N) is 1. The number of benzene rings is 1. The van der Waals surface area contributed by atoms with Gasteiger partial charge in [-0.05, 0) is 30.7 Å². The fraction of sp³-hybridized carbons (Fsp3) is 0.267. The van der Waals surface area contributed by atoms with Gasteiger partial charge in [-0.1, -0.05) is 0 Å². The van der Waals surface area contributed by atoms with Gasteiger partial charge >= 0.3 is 0 Å². The normalized spacial score (nSPS) is 19.1. The van der Waals surface area contributed by atoms with E-state index in [0.29, 0.717) is 24.2 Å². The highest BCUT2D eigenvalue weighted by Gasteiger charge is 2.31. The van der Waals surface area contributed by atoms with Crippen LogP contribution < -0.4 is 11.1 Å². The number of likely N-dealkylation sites (N-methyl/N-ethyl adjacent to an activating group) is 1. The number of carbonyl (C=O) groups excluding carboxylic acids is 2. The Labute approximate surface area is 121 Å². The molecule has 0 saturated carbocycles. The third kappa shape index (κ3) is 2.29. The molecule has 1 aliphatic rings. The highest BCUT2D eigenvalue weighted by Crippen LogP contribution is 2.29. The molecule has 1 aliphatic heterocycles. The van der Waals surface area contributed by atoms with E-state index in [1.165, 1.54) is 11.9 Å². The monoisotopic (exact) mass is 284 g/mol. The Kier molecular flexibility index (Phi) is 3.21. The number of pyridine rings is 1. The van der Waals surface area contributed by atoms with E-state index >= 15 is 0 Å². The number of piperidine rings is 1. The fourth-order valence-electron chi connectivity index (χ4n) is 2.54. The summed E-state index contributed by atoms with van der Waals surface area (Å²) in [5.41, 5.74) is 8.21. The highest BCUT2D eigenvalue weighted by atomic mass is 16.2. The zero-order valence-corrected chi connectivity index (χ0v) is 11.7. The summed E-state index contributed by atoms with van der Waals surface area (Å²) in [7, 11) is 1.51. The molecule has 1 aromatic heterocycles. The van der Waals surface area contributed by atoms with Gasteiger partial charge in [-0.25, -0.2) is 0 Å². The number of nitrogens with two attached hydrogens (primary N) is 1. The van der Waals surface area contributed by atoms with Crippen molar-refractivity contribution in [1.82, 2.24) is 9.88 Å². The molecule has 2 amide bonds. The fourth-order valence-corrected chi connectivity index (χ4v) is 2.54. The maximum Gasteiger partial charge on any atom is 0.251 e. The van der Waals surface area contributed by atoms with Crippen molar-refractivity contribution in [2.45, 2.75) is 18.9 Å². The summed E-state index contributed by atoms with van der Waals surface area (Å²) >= 11 is 0. The van der Waals surface area contributed by atoms with Crippen molar-refractivity contribution >= 4 is 34.1 Å². The quantitative estimate of drug-likeness (QED) is 0.642. The Morgan fingerprint density at radius 2 is 2.14 bits per heavy atom. The minimum absolute atomic E-state index is 0.145. The van der Waals surface area contributed by atoms with Crippen LogP contribution in [0.2, 0.25) is 0 Å². The molecule has 3 rings (SSSR count).